The minimum atomic E-state index is -0.473. The Bertz CT molecular complexity index is 1200. The van der Waals surface area contributed by atoms with Gasteiger partial charge >= 0.3 is 0 Å². The molecule has 2 amide bonds. The van der Waals surface area contributed by atoms with E-state index in [0.717, 1.165) is 22.2 Å². The molecule has 0 spiro atoms. The zero-order chi connectivity index (χ0) is 22.7. The maximum absolute atomic E-state index is 12.6. The summed E-state index contributed by atoms with van der Waals surface area (Å²) in [5.74, 6) is 1.17. The predicted octanol–water partition coefficient (Wildman–Crippen LogP) is 5.28. The Kier molecular flexibility index (Phi) is 6.09. The molecule has 0 saturated carbocycles. The summed E-state index contributed by atoms with van der Waals surface area (Å²) in [5.41, 5.74) is 1.76. The largest absolute Gasteiger partial charge is 0.492 e. The lowest BCUT2D eigenvalue weighted by Crippen LogP contribution is -2.32. The number of nitro groups is 1. The van der Waals surface area contributed by atoms with Gasteiger partial charge < -0.3 is 9.15 Å². The third-order valence-corrected chi connectivity index (χ3v) is 5.65. The highest BCUT2D eigenvalue weighted by molar-refractivity contribution is 8.18. The highest BCUT2D eigenvalue weighted by Gasteiger charge is 2.35. The van der Waals surface area contributed by atoms with Crippen molar-refractivity contribution in [2.24, 2.45) is 0 Å². The van der Waals surface area contributed by atoms with E-state index in [1.165, 1.54) is 18.2 Å². The van der Waals surface area contributed by atoms with Crippen LogP contribution < -0.4 is 4.74 Å². The third kappa shape index (κ3) is 4.73. The van der Waals surface area contributed by atoms with Crippen LogP contribution in [0.4, 0.5) is 10.5 Å². The normalized spacial score (nSPS) is 14.9. The number of rotatable bonds is 7. The maximum Gasteiger partial charge on any atom is 0.293 e. The summed E-state index contributed by atoms with van der Waals surface area (Å²) in [7, 11) is 0. The number of ether oxygens (including phenoxy) is 1. The zero-order valence-electron chi connectivity index (χ0n) is 17.0. The van der Waals surface area contributed by atoms with Crippen LogP contribution in [-0.2, 0) is 4.79 Å². The van der Waals surface area contributed by atoms with E-state index >= 15 is 0 Å². The number of benzene rings is 2. The molecular formula is C23H18N2O6S. The van der Waals surface area contributed by atoms with Gasteiger partial charge in [0.05, 0.1) is 16.4 Å². The van der Waals surface area contributed by atoms with Crippen LogP contribution in [0.3, 0.4) is 0 Å². The van der Waals surface area contributed by atoms with Crippen molar-refractivity contribution < 1.29 is 23.7 Å². The van der Waals surface area contributed by atoms with Gasteiger partial charge in [0, 0.05) is 23.8 Å². The molecule has 0 unspecified atom stereocenters. The van der Waals surface area contributed by atoms with E-state index in [4.69, 9.17) is 9.15 Å². The van der Waals surface area contributed by atoms with Gasteiger partial charge in [-0.05, 0) is 55.1 Å². The molecule has 1 aromatic heterocycles. The Balaban J connectivity index is 1.40. The summed E-state index contributed by atoms with van der Waals surface area (Å²) in [4.78, 5) is 36.6. The van der Waals surface area contributed by atoms with Gasteiger partial charge in [0.25, 0.3) is 16.8 Å². The molecule has 1 saturated heterocycles. The van der Waals surface area contributed by atoms with Gasteiger partial charge in [0.1, 0.15) is 23.9 Å². The number of hydrogen-bond acceptors (Lipinski definition) is 7. The monoisotopic (exact) mass is 450 g/mol. The van der Waals surface area contributed by atoms with E-state index in [0.29, 0.717) is 22.8 Å². The highest BCUT2D eigenvalue weighted by atomic mass is 32.2. The fourth-order valence-electron chi connectivity index (χ4n) is 3.04. The number of nitro benzene ring substituents is 1. The molecule has 0 N–H and O–H groups in total. The number of aryl methyl sites for hydroxylation is 1. The minimum absolute atomic E-state index is 0.0134. The third-order valence-electron chi connectivity index (χ3n) is 4.74. The number of carbonyl (C=O) groups is 2. The maximum atomic E-state index is 12.6. The van der Waals surface area contributed by atoms with Crippen LogP contribution in [0.1, 0.15) is 11.3 Å². The number of imide groups is 1. The lowest BCUT2D eigenvalue weighted by Gasteiger charge is -2.13. The Hall–Kier alpha value is -3.85. The molecular weight excluding hydrogens is 432 g/mol. The van der Waals surface area contributed by atoms with Gasteiger partial charge in [-0.25, -0.2) is 0 Å². The van der Waals surface area contributed by atoms with E-state index in [-0.39, 0.29) is 29.0 Å². The van der Waals surface area contributed by atoms with Crippen molar-refractivity contribution in [3.8, 4) is 17.1 Å². The average molecular weight is 450 g/mol. The molecule has 0 aliphatic carbocycles. The molecule has 0 bridgehead atoms. The van der Waals surface area contributed by atoms with Crippen molar-refractivity contribution in [2.45, 2.75) is 6.92 Å². The highest BCUT2D eigenvalue weighted by Crippen LogP contribution is 2.33. The van der Waals surface area contributed by atoms with E-state index in [2.05, 4.69) is 0 Å². The van der Waals surface area contributed by atoms with E-state index in [9.17, 15) is 19.7 Å². The van der Waals surface area contributed by atoms with Crippen molar-refractivity contribution in [2.75, 3.05) is 13.2 Å². The van der Waals surface area contributed by atoms with E-state index < -0.39 is 10.8 Å². The SMILES string of the molecule is Cc1ccc(OCCN2C(=O)S/C(=C\c3ccc(-c4ccc([N+](=O)[O-])cc4)o3)C2=O)cc1. The standard InChI is InChI=1S/C23H18N2O6S/c1-15-2-8-18(9-3-15)30-13-12-24-22(26)21(32-23(24)27)14-19-10-11-20(31-19)16-4-6-17(7-5-16)25(28)29/h2-11,14H,12-13H2,1H3/b21-14-. The number of furan rings is 1. The van der Waals surface area contributed by atoms with Crippen molar-refractivity contribution in [3.05, 3.63) is 87.0 Å². The summed E-state index contributed by atoms with van der Waals surface area (Å²) in [5, 5.41) is 10.4. The second-order valence-electron chi connectivity index (χ2n) is 7.00. The van der Waals surface area contributed by atoms with Crippen LogP contribution in [0.25, 0.3) is 17.4 Å². The quantitative estimate of drug-likeness (QED) is 0.274. The zero-order valence-corrected chi connectivity index (χ0v) is 17.8. The second-order valence-corrected chi connectivity index (χ2v) is 7.99. The summed E-state index contributed by atoms with van der Waals surface area (Å²) in [6.45, 7) is 2.31. The average Bonchev–Trinajstić information content (AvgIpc) is 3.35. The molecule has 1 aliphatic heterocycles. The predicted molar refractivity (Wildman–Crippen MR) is 120 cm³/mol. The van der Waals surface area contributed by atoms with Crippen LogP contribution >= 0.6 is 11.8 Å². The molecule has 3 aromatic rings. The first-order valence-corrected chi connectivity index (χ1v) is 10.5. The van der Waals surface area contributed by atoms with Gasteiger partial charge in [-0.1, -0.05) is 17.7 Å². The molecule has 8 nitrogen and oxygen atoms in total. The molecule has 4 rings (SSSR count). The smallest absolute Gasteiger partial charge is 0.293 e. The Morgan fingerprint density at radius 2 is 1.78 bits per heavy atom. The fourth-order valence-corrected chi connectivity index (χ4v) is 3.89. The van der Waals surface area contributed by atoms with Crippen LogP contribution in [0, 0.1) is 17.0 Å². The van der Waals surface area contributed by atoms with Crippen molar-refractivity contribution in [1.29, 1.82) is 0 Å². The summed E-state index contributed by atoms with van der Waals surface area (Å²) in [6, 6.07) is 16.8. The molecule has 32 heavy (non-hydrogen) atoms. The number of amides is 2. The Morgan fingerprint density at radius 3 is 2.47 bits per heavy atom. The summed E-state index contributed by atoms with van der Waals surface area (Å²) in [6.07, 6.45) is 1.51. The van der Waals surface area contributed by atoms with Crippen LogP contribution in [0.5, 0.6) is 5.75 Å². The first-order chi connectivity index (χ1) is 15.4. The van der Waals surface area contributed by atoms with Crippen LogP contribution in [0.15, 0.2) is 70.0 Å². The number of carbonyl (C=O) groups excluding carboxylic acids is 2. The first-order valence-electron chi connectivity index (χ1n) is 9.70. The number of non-ortho nitro benzene ring substituents is 1. The van der Waals surface area contributed by atoms with Gasteiger partial charge in [-0.15, -0.1) is 0 Å². The molecule has 1 aliphatic rings. The van der Waals surface area contributed by atoms with Gasteiger partial charge in [0.15, 0.2) is 0 Å². The van der Waals surface area contributed by atoms with Crippen LogP contribution in [-0.4, -0.2) is 34.1 Å². The van der Waals surface area contributed by atoms with Crippen molar-refractivity contribution in [1.82, 2.24) is 4.90 Å². The molecule has 2 aromatic carbocycles. The minimum Gasteiger partial charge on any atom is -0.492 e. The lowest BCUT2D eigenvalue weighted by atomic mass is 10.1. The Labute approximate surface area is 187 Å². The summed E-state index contributed by atoms with van der Waals surface area (Å²) < 4.78 is 11.3. The molecule has 0 atom stereocenters. The number of hydrogen-bond donors (Lipinski definition) is 0. The molecule has 0 radical (unpaired) electrons. The number of thioether (sulfide) groups is 1. The number of nitrogens with zero attached hydrogens (tertiary/aromatic N) is 2. The van der Waals surface area contributed by atoms with Gasteiger partial charge in [-0.2, -0.15) is 0 Å². The van der Waals surface area contributed by atoms with Crippen molar-refractivity contribution >= 4 is 34.7 Å². The van der Waals surface area contributed by atoms with Gasteiger partial charge in [0.2, 0.25) is 0 Å². The van der Waals surface area contributed by atoms with Crippen molar-refractivity contribution in [3.63, 3.8) is 0 Å². The molecule has 1 fully saturated rings. The topological polar surface area (TPSA) is 103 Å². The second kappa shape index (κ2) is 9.11. The van der Waals surface area contributed by atoms with Gasteiger partial charge in [-0.3, -0.25) is 24.6 Å². The summed E-state index contributed by atoms with van der Waals surface area (Å²) >= 11 is 0.843. The van der Waals surface area contributed by atoms with E-state index in [1.807, 2.05) is 31.2 Å². The molecule has 162 valence electrons. The van der Waals surface area contributed by atoms with E-state index in [1.54, 1.807) is 24.3 Å². The lowest BCUT2D eigenvalue weighted by molar-refractivity contribution is -0.384. The van der Waals surface area contributed by atoms with Crippen LogP contribution in [0.2, 0.25) is 0 Å². The Morgan fingerprint density at radius 1 is 1.06 bits per heavy atom. The fraction of sp³-hybridized carbons (Fsp3) is 0.130. The molecule has 2 heterocycles. The molecule has 9 heteroatoms. The first kappa shape index (κ1) is 21.4.